The zero-order valence-electron chi connectivity index (χ0n) is 13.4. The lowest BCUT2D eigenvalue weighted by molar-refractivity contribution is -0.118. The van der Waals surface area contributed by atoms with Crippen LogP contribution in [-0.2, 0) is 11.3 Å². The Morgan fingerprint density at radius 2 is 2.04 bits per heavy atom. The summed E-state index contributed by atoms with van der Waals surface area (Å²) >= 11 is 1.88. The number of primary amides is 1. The van der Waals surface area contributed by atoms with Gasteiger partial charge >= 0.3 is 0 Å². The first kappa shape index (κ1) is 16.2. The Balaban J connectivity index is 1.57. The molecule has 0 bridgehead atoms. The molecular weight excluding hydrogens is 304 g/mol. The van der Waals surface area contributed by atoms with Crippen molar-refractivity contribution in [2.75, 3.05) is 13.1 Å². The van der Waals surface area contributed by atoms with Gasteiger partial charge in [-0.3, -0.25) is 9.69 Å². The molecule has 1 amide bonds. The Morgan fingerprint density at radius 3 is 2.83 bits per heavy atom. The quantitative estimate of drug-likeness (QED) is 0.874. The van der Waals surface area contributed by atoms with Crippen LogP contribution in [0.1, 0.15) is 30.6 Å². The first-order valence-corrected chi connectivity index (χ1v) is 9.17. The highest BCUT2D eigenvalue weighted by atomic mass is 32.1. The van der Waals surface area contributed by atoms with Gasteiger partial charge in [-0.2, -0.15) is 0 Å². The number of piperidine rings is 1. The molecule has 0 radical (unpaired) electrons. The van der Waals surface area contributed by atoms with Crippen LogP contribution in [0.15, 0.2) is 42.5 Å². The molecule has 4 heteroatoms. The predicted octanol–water partition coefficient (Wildman–Crippen LogP) is 3.89. The monoisotopic (exact) mass is 328 g/mol. The molecule has 1 aromatic carbocycles. The lowest BCUT2D eigenvalue weighted by Gasteiger charge is -2.32. The number of hydrogen-bond donors (Lipinski definition) is 1. The van der Waals surface area contributed by atoms with E-state index < -0.39 is 0 Å². The first-order chi connectivity index (χ1) is 11.2. The van der Waals surface area contributed by atoms with Gasteiger partial charge in [0.1, 0.15) is 0 Å². The third-order valence-electron chi connectivity index (χ3n) is 4.50. The van der Waals surface area contributed by atoms with Crippen molar-refractivity contribution in [1.82, 2.24) is 4.90 Å². The number of carbonyl (C=O) groups excluding carboxylic acids is 1. The maximum Gasteiger partial charge on any atom is 0.217 e. The Kier molecular flexibility index (Phi) is 5.47. The molecule has 3 rings (SSSR count). The van der Waals surface area contributed by atoms with Crippen LogP contribution in [0.2, 0.25) is 0 Å². The van der Waals surface area contributed by atoms with Crippen LogP contribution >= 0.6 is 11.3 Å². The highest BCUT2D eigenvalue weighted by molar-refractivity contribution is 7.15. The fourth-order valence-corrected chi connectivity index (χ4v) is 4.37. The van der Waals surface area contributed by atoms with Gasteiger partial charge < -0.3 is 5.73 Å². The number of thiophene rings is 1. The SMILES string of the molecule is NC(=O)CC[C@H]1CCCN(Cc2ccc(-c3ccccc3)s2)C1. The van der Waals surface area contributed by atoms with E-state index in [9.17, 15) is 4.79 Å². The van der Waals surface area contributed by atoms with Crippen LogP contribution in [0.3, 0.4) is 0 Å². The van der Waals surface area contributed by atoms with Crippen LogP contribution in [0.25, 0.3) is 10.4 Å². The van der Waals surface area contributed by atoms with E-state index in [0.717, 1.165) is 26.1 Å². The summed E-state index contributed by atoms with van der Waals surface area (Å²) < 4.78 is 0. The summed E-state index contributed by atoms with van der Waals surface area (Å²) in [5, 5.41) is 0. The number of carbonyl (C=O) groups is 1. The van der Waals surface area contributed by atoms with Crippen LogP contribution in [-0.4, -0.2) is 23.9 Å². The molecule has 23 heavy (non-hydrogen) atoms. The van der Waals surface area contributed by atoms with E-state index in [1.807, 2.05) is 11.3 Å². The fourth-order valence-electron chi connectivity index (χ4n) is 3.32. The molecule has 122 valence electrons. The van der Waals surface area contributed by atoms with Gasteiger partial charge in [-0.1, -0.05) is 30.3 Å². The van der Waals surface area contributed by atoms with Crippen molar-refractivity contribution in [1.29, 1.82) is 0 Å². The van der Waals surface area contributed by atoms with Gasteiger partial charge in [0, 0.05) is 29.3 Å². The molecule has 1 aliphatic heterocycles. The van der Waals surface area contributed by atoms with E-state index >= 15 is 0 Å². The molecule has 2 heterocycles. The summed E-state index contributed by atoms with van der Waals surface area (Å²) in [7, 11) is 0. The Morgan fingerprint density at radius 1 is 1.22 bits per heavy atom. The highest BCUT2D eigenvalue weighted by Crippen LogP contribution is 2.30. The highest BCUT2D eigenvalue weighted by Gasteiger charge is 2.20. The fraction of sp³-hybridized carbons (Fsp3) is 0.421. The standard InChI is InChI=1S/C19H24N2OS/c20-19(22)11-8-15-5-4-12-21(13-15)14-17-9-10-18(23-17)16-6-2-1-3-7-16/h1-3,6-7,9-10,15H,4-5,8,11-14H2,(H2,20,22)/t15-/m1/s1. The smallest absolute Gasteiger partial charge is 0.217 e. The topological polar surface area (TPSA) is 46.3 Å². The van der Waals surface area contributed by atoms with Crippen molar-refractivity contribution < 1.29 is 4.79 Å². The van der Waals surface area contributed by atoms with Gasteiger partial charge in [0.2, 0.25) is 5.91 Å². The Labute approximate surface area is 142 Å². The molecule has 1 saturated heterocycles. The second-order valence-electron chi connectivity index (χ2n) is 6.38. The van der Waals surface area contributed by atoms with Crippen molar-refractivity contribution in [2.45, 2.75) is 32.2 Å². The summed E-state index contributed by atoms with van der Waals surface area (Å²) in [6.07, 6.45) is 3.91. The molecule has 0 saturated carbocycles. The van der Waals surface area contributed by atoms with E-state index in [1.54, 1.807) is 0 Å². The third-order valence-corrected chi connectivity index (χ3v) is 5.62. The number of nitrogens with zero attached hydrogens (tertiary/aromatic N) is 1. The van der Waals surface area contributed by atoms with E-state index in [2.05, 4.69) is 47.4 Å². The number of nitrogens with two attached hydrogens (primary N) is 1. The minimum absolute atomic E-state index is 0.173. The van der Waals surface area contributed by atoms with E-state index in [0.29, 0.717) is 12.3 Å². The lowest BCUT2D eigenvalue weighted by Crippen LogP contribution is -2.35. The molecule has 1 atom stereocenters. The zero-order chi connectivity index (χ0) is 16.1. The number of amides is 1. The maximum atomic E-state index is 11.0. The van der Waals surface area contributed by atoms with E-state index in [-0.39, 0.29) is 5.91 Å². The number of hydrogen-bond acceptors (Lipinski definition) is 3. The molecule has 1 fully saturated rings. The summed E-state index contributed by atoms with van der Waals surface area (Å²) in [6, 6.07) is 15.0. The number of likely N-dealkylation sites (tertiary alicyclic amines) is 1. The average Bonchev–Trinajstić information content (AvgIpc) is 3.03. The average molecular weight is 328 g/mol. The summed E-state index contributed by atoms with van der Waals surface area (Å²) in [5.74, 6) is 0.442. The molecule has 2 N–H and O–H groups in total. The van der Waals surface area contributed by atoms with Crippen molar-refractivity contribution in [2.24, 2.45) is 11.7 Å². The largest absolute Gasteiger partial charge is 0.370 e. The van der Waals surface area contributed by atoms with Crippen LogP contribution in [0.4, 0.5) is 0 Å². The minimum Gasteiger partial charge on any atom is -0.370 e. The Hall–Kier alpha value is -1.65. The minimum atomic E-state index is -0.173. The van der Waals surface area contributed by atoms with Crippen LogP contribution in [0.5, 0.6) is 0 Å². The first-order valence-electron chi connectivity index (χ1n) is 8.35. The van der Waals surface area contributed by atoms with Gasteiger partial charge in [0.15, 0.2) is 0 Å². The molecule has 3 nitrogen and oxygen atoms in total. The molecule has 0 spiro atoms. The maximum absolute atomic E-state index is 11.0. The van der Waals surface area contributed by atoms with Gasteiger partial charge in [-0.25, -0.2) is 0 Å². The van der Waals surface area contributed by atoms with Gasteiger partial charge in [-0.15, -0.1) is 11.3 Å². The molecule has 0 aliphatic carbocycles. The summed E-state index contributed by atoms with van der Waals surface area (Å²) in [4.78, 5) is 16.2. The molecule has 1 aliphatic rings. The molecule has 1 aromatic heterocycles. The molecule has 2 aromatic rings. The van der Waals surface area contributed by atoms with Crippen molar-refractivity contribution in [3.8, 4) is 10.4 Å². The predicted molar refractivity (Wildman–Crippen MR) is 96.2 cm³/mol. The summed E-state index contributed by atoms with van der Waals surface area (Å²) in [6.45, 7) is 3.27. The second-order valence-corrected chi connectivity index (χ2v) is 7.55. The van der Waals surface area contributed by atoms with Crippen molar-refractivity contribution in [3.05, 3.63) is 47.3 Å². The number of benzene rings is 1. The van der Waals surface area contributed by atoms with Gasteiger partial charge in [0.05, 0.1) is 0 Å². The summed E-state index contributed by atoms with van der Waals surface area (Å²) in [5.41, 5.74) is 6.57. The second kappa shape index (κ2) is 7.75. The molecule has 0 unspecified atom stereocenters. The number of rotatable bonds is 6. The lowest BCUT2D eigenvalue weighted by atomic mass is 9.93. The molecular formula is C19H24N2OS. The van der Waals surface area contributed by atoms with Gasteiger partial charge in [0.25, 0.3) is 0 Å². The van der Waals surface area contributed by atoms with E-state index in [1.165, 1.54) is 28.2 Å². The normalized spacial score (nSPS) is 18.9. The van der Waals surface area contributed by atoms with Crippen LogP contribution < -0.4 is 5.73 Å². The van der Waals surface area contributed by atoms with E-state index in [4.69, 9.17) is 5.73 Å². The van der Waals surface area contributed by atoms with Crippen molar-refractivity contribution >= 4 is 17.2 Å². The van der Waals surface area contributed by atoms with Crippen molar-refractivity contribution in [3.63, 3.8) is 0 Å². The van der Waals surface area contributed by atoms with Crippen LogP contribution in [0, 0.1) is 5.92 Å². The van der Waals surface area contributed by atoms with Gasteiger partial charge in [-0.05, 0) is 49.4 Å². The Bertz CT molecular complexity index is 638. The third kappa shape index (κ3) is 4.66. The zero-order valence-corrected chi connectivity index (χ0v) is 14.2.